The van der Waals surface area contributed by atoms with Gasteiger partial charge in [-0.3, -0.25) is 0 Å². The van der Waals surface area contributed by atoms with Crippen LogP contribution in [0.15, 0.2) is 71.6 Å². The molecule has 2 N–H and O–H groups in total. The zero-order chi connectivity index (χ0) is 17.2. The molecule has 3 rings (SSSR count). The zero-order valence-corrected chi connectivity index (χ0v) is 13.5. The van der Waals surface area contributed by atoms with E-state index < -0.39 is 21.9 Å². The first-order chi connectivity index (χ1) is 11.5. The Morgan fingerprint density at radius 3 is 2.38 bits per heavy atom. The van der Waals surface area contributed by atoms with E-state index in [1.165, 1.54) is 30.3 Å². The minimum absolute atomic E-state index is 0.159. The first kappa shape index (κ1) is 16.6. The molecule has 0 aliphatic heterocycles. The Morgan fingerprint density at radius 1 is 0.958 bits per heavy atom. The molecule has 0 fully saturated rings. The third kappa shape index (κ3) is 3.46. The Bertz CT molecular complexity index is 950. The van der Waals surface area contributed by atoms with Gasteiger partial charge >= 0.3 is 0 Å². The molecule has 0 saturated heterocycles. The fourth-order valence-corrected chi connectivity index (χ4v) is 3.77. The number of hydrogen-bond donors (Lipinski definition) is 2. The molecule has 124 valence electrons. The lowest BCUT2D eigenvalue weighted by atomic mass is 10.1. The number of benzene rings is 3. The number of halogens is 1. The van der Waals surface area contributed by atoms with Crippen LogP contribution in [0.25, 0.3) is 10.8 Å². The van der Waals surface area contributed by atoms with Crippen LogP contribution in [-0.2, 0) is 10.0 Å². The maximum atomic E-state index is 12.9. The van der Waals surface area contributed by atoms with Crippen molar-refractivity contribution in [2.75, 3.05) is 6.54 Å². The van der Waals surface area contributed by atoms with Crippen LogP contribution in [0, 0.1) is 5.82 Å². The topological polar surface area (TPSA) is 66.4 Å². The van der Waals surface area contributed by atoms with Crippen molar-refractivity contribution in [1.82, 2.24) is 4.72 Å². The molecule has 0 spiro atoms. The number of fused-ring (bicyclic) bond motifs is 1. The van der Waals surface area contributed by atoms with Gasteiger partial charge in [-0.25, -0.2) is 17.5 Å². The van der Waals surface area contributed by atoms with Gasteiger partial charge in [-0.2, -0.15) is 0 Å². The van der Waals surface area contributed by atoms with E-state index in [1.807, 2.05) is 18.2 Å². The van der Waals surface area contributed by atoms with E-state index >= 15 is 0 Å². The number of hydrogen-bond acceptors (Lipinski definition) is 3. The molecule has 0 saturated carbocycles. The molecule has 3 aromatic carbocycles. The van der Waals surface area contributed by atoms with Crippen LogP contribution >= 0.6 is 0 Å². The van der Waals surface area contributed by atoms with Crippen molar-refractivity contribution in [2.24, 2.45) is 0 Å². The molecule has 0 bridgehead atoms. The molecule has 24 heavy (non-hydrogen) atoms. The van der Waals surface area contributed by atoms with Gasteiger partial charge in [-0.1, -0.05) is 48.5 Å². The molecule has 6 heteroatoms. The van der Waals surface area contributed by atoms with Crippen LogP contribution in [0.2, 0.25) is 0 Å². The summed E-state index contributed by atoms with van der Waals surface area (Å²) in [6.07, 6.45) is -1.06. The van der Waals surface area contributed by atoms with Crippen molar-refractivity contribution in [3.8, 4) is 0 Å². The van der Waals surface area contributed by atoms with E-state index in [0.29, 0.717) is 10.9 Å². The molecule has 0 heterocycles. The molecular formula is C18H16FNO3S. The van der Waals surface area contributed by atoms with E-state index in [1.54, 1.807) is 18.2 Å². The van der Waals surface area contributed by atoms with Gasteiger partial charge in [0.05, 0.1) is 11.0 Å². The van der Waals surface area contributed by atoms with Crippen LogP contribution in [0.4, 0.5) is 4.39 Å². The summed E-state index contributed by atoms with van der Waals surface area (Å²) in [5.41, 5.74) is 0.442. The van der Waals surface area contributed by atoms with Gasteiger partial charge < -0.3 is 5.11 Å². The average Bonchev–Trinajstić information content (AvgIpc) is 2.60. The van der Waals surface area contributed by atoms with Crippen molar-refractivity contribution in [3.05, 3.63) is 78.1 Å². The molecule has 1 atom stereocenters. The quantitative estimate of drug-likeness (QED) is 0.747. The minimum Gasteiger partial charge on any atom is -0.387 e. The molecule has 0 amide bonds. The van der Waals surface area contributed by atoms with Crippen molar-refractivity contribution in [3.63, 3.8) is 0 Å². The number of aliphatic hydroxyl groups excluding tert-OH is 1. The summed E-state index contributed by atoms with van der Waals surface area (Å²) in [5.74, 6) is -0.415. The Labute approximate surface area is 139 Å². The lowest BCUT2D eigenvalue weighted by molar-refractivity contribution is 0.182. The van der Waals surface area contributed by atoms with E-state index in [4.69, 9.17) is 0 Å². The number of nitrogens with one attached hydrogen (secondary N) is 1. The van der Waals surface area contributed by atoms with E-state index in [-0.39, 0.29) is 11.4 Å². The van der Waals surface area contributed by atoms with Gasteiger partial charge in [-0.05, 0) is 29.1 Å². The Morgan fingerprint density at radius 2 is 1.62 bits per heavy atom. The smallest absolute Gasteiger partial charge is 0.241 e. The summed E-state index contributed by atoms with van der Waals surface area (Å²) in [4.78, 5) is 0.159. The van der Waals surface area contributed by atoms with Crippen LogP contribution in [0.3, 0.4) is 0 Å². The predicted octanol–water partition coefficient (Wildman–Crippen LogP) is 2.99. The Kier molecular flexibility index (Phi) is 4.62. The molecule has 0 aliphatic carbocycles. The zero-order valence-electron chi connectivity index (χ0n) is 12.7. The Hall–Kier alpha value is -2.28. The highest BCUT2D eigenvalue weighted by molar-refractivity contribution is 7.89. The lowest BCUT2D eigenvalue weighted by Gasteiger charge is -2.14. The maximum Gasteiger partial charge on any atom is 0.241 e. The lowest BCUT2D eigenvalue weighted by Crippen LogP contribution is -2.28. The monoisotopic (exact) mass is 345 g/mol. The highest BCUT2D eigenvalue weighted by atomic mass is 32.2. The third-order valence-corrected chi connectivity index (χ3v) is 5.24. The Balaban J connectivity index is 1.82. The highest BCUT2D eigenvalue weighted by Gasteiger charge is 2.19. The van der Waals surface area contributed by atoms with Crippen LogP contribution < -0.4 is 4.72 Å². The fourth-order valence-electron chi connectivity index (χ4n) is 2.50. The maximum absolute atomic E-state index is 12.9. The average molecular weight is 345 g/mol. The standard InChI is InChI=1S/C18H16FNO3S/c19-15-10-8-14(9-11-15)17(21)12-20-24(22,23)18-7-3-5-13-4-1-2-6-16(13)18/h1-11,17,20-21H,12H2. The summed E-state index contributed by atoms with van der Waals surface area (Å²) in [5, 5.41) is 11.5. The van der Waals surface area contributed by atoms with Crippen LogP contribution in [0.1, 0.15) is 11.7 Å². The van der Waals surface area contributed by atoms with Crippen molar-refractivity contribution in [2.45, 2.75) is 11.0 Å². The van der Waals surface area contributed by atoms with E-state index in [0.717, 1.165) is 5.39 Å². The molecule has 0 aliphatic rings. The molecule has 1 unspecified atom stereocenters. The second-order valence-corrected chi connectivity index (χ2v) is 7.13. The molecule has 4 nitrogen and oxygen atoms in total. The summed E-state index contributed by atoms with van der Waals surface area (Å²) in [6.45, 7) is -0.197. The van der Waals surface area contributed by atoms with Crippen LogP contribution in [0.5, 0.6) is 0 Å². The van der Waals surface area contributed by atoms with Gasteiger partial charge in [0.2, 0.25) is 10.0 Å². The first-order valence-electron chi connectivity index (χ1n) is 7.38. The molecular weight excluding hydrogens is 329 g/mol. The first-order valence-corrected chi connectivity index (χ1v) is 8.87. The SMILES string of the molecule is O=S(=O)(NCC(O)c1ccc(F)cc1)c1cccc2ccccc12. The summed E-state index contributed by atoms with van der Waals surface area (Å²) >= 11 is 0. The van der Waals surface area contributed by atoms with Crippen molar-refractivity contribution in [1.29, 1.82) is 0 Å². The predicted molar refractivity (Wildman–Crippen MR) is 90.5 cm³/mol. The normalized spacial score (nSPS) is 13.1. The number of sulfonamides is 1. The van der Waals surface area contributed by atoms with Gasteiger partial charge in [0.25, 0.3) is 0 Å². The van der Waals surface area contributed by atoms with E-state index in [9.17, 15) is 17.9 Å². The number of aliphatic hydroxyl groups is 1. The fraction of sp³-hybridized carbons (Fsp3) is 0.111. The van der Waals surface area contributed by atoms with Crippen molar-refractivity contribution >= 4 is 20.8 Å². The number of rotatable bonds is 5. The largest absolute Gasteiger partial charge is 0.387 e. The second-order valence-electron chi connectivity index (χ2n) is 5.40. The molecule has 0 radical (unpaired) electrons. The van der Waals surface area contributed by atoms with Crippen LogP contribution in [-0.4, -0.2) is 20.1 Å². The minimum atomic E-state index is -3.78. The van der Waals surface area contributed by atoms with Crippen molar-refractivity contribution < 1.29 is 17.9 Å². The summed E-state index contributed by atoms with van der Waals surface area (Å²) in [7, 11) is -3.78. The van der Waals surface area contributed by atoms with Gasteiger partial charge in [0.1, 0.15) is 5.82 Å². The van der Waals surface area contributed by atoms with Gasteiger partial charge in [0.15, 0.2) is 0 Å². The third-order valence-electron chi connectivity index (χ3n) is 3.76. The summed E-state index contributed by atoms with van der Waals surface area (Å²) in [6, 6.07) is 17.5. The molecule has 3 aromatic rings. The highest BCUT2D eigenvalue weighted by Crippen LogP contribution is 2.23. The van der Waals surface area contributed by atoms with E-state index in [2.05, 4.69) is 4.72 Å². The van der Waals surface area contributed by atoms with Gasteiger partial charge in [-0.15, -0.1) is 0 Å². The second kappa shape index (κ2) is 6.68. The van der Waals surface area contributed by atoms with Gasteiger partial charge in [0, 0.05) is 11.9 Å². The summed E-state index contributed by atoms with van der Waals surface area (Å²) < 4.78 is 40.4. The molecule has 0 aromatic heterocycles.